The second-order valence-corrected chi connectivity index (χ2v) is 10.3. The van der Waals surface area contributed by atoms with Gasteiger partial charge in [-0.2, -0.15) is 0 Å². The number of hydrogen-bond acceptors (Lipinski definition) is 3. The van der Waals surface area contributed by atoms with E-state index in [0.29, 0.717) is 11.1 Å². The SMILES string of the molecule is CC1(C)CCCC(C)(C)[NH+]1CCCN1c2ccccc2Sc2cccnc21.[Cl-]. The molecule has 2 aliphatic heterocycles. The van der Waals surface area contributed by atoms with E-state index in [9.17, 15) is 0 Å². The quantitative estimate of drug-likeness (QED) is 0.817. The molecule has 3 heterocycles. The fourth-order valence-electron chi connectivity index (χ4n) is 5.17. The van der Waals surface area contributed by atoms with Gasteiger partial charge in [0.15, 0.2) is 0 Å². The van der Waals surface area contributed by atoms with Gasteiger partial charge in [0.25, 0.3) is 0 Å². The Labute approximate surface area is 180 Å². The summed E-state index contributed by atoms with van der Waals surface area (Å²) in [5, 5.41) is 0. The smallest absolute Gasteiger partial charge is 0.147 e. The second-order valence-electron chi connectivity index (χ2n) is 9.25. The first kappa shape index (κ1) is 21.5. The zero-order chi connectivity index (χ0) is 19.1. The van der Waals surface area contributed by atoms with Crippen LogP contribution in [0, 0.1) is 0 Å². The van der Waals surface area contributed by atoms with Crippen LogP contribution in [0.5, 0.6) is 0 Å². The van der Waals surface area contributed by atoms with Gasteiger partial charge in [0.2, 0.25) is 0 Å². The van der Waals surface area contributed by atoms with Crippen molar-refractivity contribution >= 4 is 23.3 Å². The molecule has 28 heavy (non-hydrogen) atoms. The summed E-state index contributed by atoms with van der Waals surface area (Å²) < 4.78 is 0. The van der Waals surface area contributed by atoms with E-state index in [2.05, 4.69) is 62.9 Å². The number of halogens is 1. The van der Waals surface area contributed by atoms with Crippen LogP contribution in [0.15, 0.2) is 52.4 Å². The van der Waals surface area contributed by atoms with Crippen LogP contribution in [-0.4, -0.2) is 29.2 Å². The largest absolute Gasteiger partial charge is 1.00 e. The Morgan fingerprint density at radius 3 is 2.43 bits per heavy atom. The Balaban J connectivity index is 0.00000225. The van der Waals surface area contributed by atoms with Gasteiger partial charge in [-0.3, -0.25) is 0 Å². The number of nitrogens with zero attached hydrogens (tertiary/aromatic N) is 2. The highest BCUT2D eigenvalue weighted by Crippen LogP contribution is 2.46. The Bertz CT molecular complexity index is 759. The third kappa shape index (κ3) is 4.05. The van der Waals surface area contributed by atoms with Crippen molar-refractivity contribution in [1.29, 1.82) is 0 Å². The Kier molecular flexibility index (Phi) is 6.33. The first-order valence-corrected chi connectivity index (χ1v) is 11.1. The number of pyridine rings is 1. The highest BCUT2D eigenvalue weighted by molar-refractivity contribution is 7.99. The van der Waals surface area contributed by atoms with Crippen LogP contribution in [0.3, 0.4) is 0 Å². The van der Waals surface area contributed by atoms with Gasteiger partial charge >= 0.3 is 0 Å². The van der Waals surface area contributed by atoms with E-state index in [0.717, 1.165) is 12.4 Å². The molecule has 0 unspecified atom stereocenters. The molecule has 1 saturated heterocycles. The molecule has 4 rings (SSSR count). The van der Waals surface area contributed by atoms with E-state index >= 15 is 0 Å². The van der Waals surface area contributed by atoms with E-state index in [1.807, 2.05) is 24.0 Å². The van der Waals surface area contributed by atoms with E-state index in [1.54, 1.807) is 4.90 Å². The van der Waals surface area contributed by atoms with Crippen LogP contribution in [0.1, 0.15) is 53.4 Å². The lowest BCUT2D eigenvalue weighted by atomic mass is 9.79. The summed E-state index contributed by atoms with van der Waals surface area (Å²) >= 11 is 1.84. The van der Waals surface area contributed by atoms with Gasteiger partial charge in [-0.05, 0) is 58.4 Å². The molecule has 0 saturated carbocycles. The lowest BCUT2D eigenvalue weighted by Gasteiger charge is -2.49. The number of quaternary nitrogens is 1. The summed E-state index contributed by atoms with van der Waals surface area (Å²) in [6.45, 7) is 12.0. The van der Waals surface area contributed by atoms with Crippen LogP contribution < -0.4 is 22.2 Å². The summed E-state index contributed by atoms with van der Waals surface area (Å²) in [5.74, 6) is 1.12. The average molecular weight is 418 g/mol. The van der Waals surface area contributed by atoms with Crippen molar-refractivity contribution in [2.24, 2.45) is 0 Å². The van der Waals surface area contributed by atoms with Gasteiger partial charge < -0.3 is 22.2 Å². The number of piperidine rings is 1. The number of aromatic nitrogens is 1. The zero-order valence-corrected chi connectivity index (χ0v) is 19.0. The lowest BCUT2D eigenvalue weighted by Crippen LogP contribution is -3.26. The number of benzene rings is 1. The Morgan fingerprint density at radius 2 is 1.68 bits per heavy atom. The molecular formula is C23H32ClN3S. The lowest BCUT2D eigenvalue weighted by molar-refractivity contribution is -0.999. The number of likely N-dealkylation sites (tertiary alicyclic amines) is 1. The number of rotatable bonds is 4. The van der Waals surface area contributed by atoms with Gasteiger partial charge in [-0.15, -0.1) is 0 Å². The van der Waals surface area contributed by atoms with Gasteiger partial charge in [-0.25, -0.2) is 4.98 Å². The van der Waals surface area contributed by atoms with Crippen LogP contribution in [0.2, 0.25) is 0 Å². The third-order valence-electron chi connectivity index (χ3n) is 6.43. The molecule has 0 aliphatic carbocycles. The van der Waals surface area contributed by atoms with Crippen molar-refractivity contribution in [2.75, 3.05) is 18.0 Å². The molecule has 0 spiro atoms. The summed E-state index contributed by atoms with van der Waals surface area (Å²) in [4.78, 5) is 11.5. The highest BCUT2D eigenvalue weighted by Gasteiger charge is 2.44. The number of hydrogen-bond donors (Lipinski definition) is 1. The van der Waals surface area contributed by atoms with Crippen molar-refractivity contribution in [3.8, 4) is 0 Å². The van der Waals surface area contributed by atoms with Gasteiger partial charge in [0, 0.05) is 36.9 Å². The van der Waals surface area contributed by atoms with E-state index in [4.69, 9.17) is 4.98 Å². The standard InChI is InChI=1S/C23H31N3S.ClH/c1-22(2)13-8-14-23(3,4)26(22)17-9-16-25-18-10-5-6-11-19(18)27-20-12-7-15-24-21(20)25;/h5-7,10-12,15H,8-9,13-14,16-17H2,1-4H3;1H. The molecule has 1 aromatic heterocycles. The molecule has 0 atom stereocenters. The third-order valence-corrected chi connectivity index (χ3v) is 7.53. The zero-order valence-electron chi connectivity index (χ0n) is 17.5. The highest BCUT2D eigenvalue weighted by atomic mass is 35.5. The summed E-state index contributed by atoms with van der Waals surface area (Å²) in [7, 11) is 0. The molecule has 3 nitrogen and oxygen atoms in total. The maximum Gasteiger partial charge on any atom is 0.147 e. The summed E-state index contributed by atoms with van der Waals surface area (Å²) in [5.41, 5.74) is 2.04. The summed E-state index contributed by atoms with van der Waals surface area (Å²) in [6, 6.07) is 13.0. The fourth-order valence-corrected chi connectivity index (χ4v) is 6.24. The molecule has 152 valence electrons. The van der Waals surface area contributed by atoms with Crippen LogP contribution >= 0.6 is 11.8 Å². The van der Waals surface area contributed by atoms with Crippen LogP contribution in [0.25, 0.3) is 0 Å². The molecule has 1 N–H and O–H groups in total. The van der Waals surface area contributed by atoms with Crippen molar-refractivity contribution in [3.63, 3.8) is 0 Å². The molecule has 0 radical (unpaired) electrons. The number of nitrogens with one attached hydrogen (secondary N) is 1. The van der Waals surface area contributed by atoms with Crippen LogP contribution in [-0.2, 0) is 0 Å². The number of anilines is 2. The predicted molar refractivity (Wildman–Crippen MR) is 114 cm³/mol. The minimum absolute atomic E-state index is 0. The normalized spacial score (nSPS) is 20.1. The maximum absolute atomic E-state index is 4.72. The molecule has 2 aliphatic rings. The molecule has 0 amide bonds. The fraction of sp³-hybridized carbons (Fsp3) is 0.522. The Hall–Kier alpha value is -1.23. The van der Waals surface area contributed by atoms with E-state index < -0.39 is 0 Å². The molecule has 5 heteroatoms. The summed E-state index contributed by atoms with van der Waals surface area (Å²) in [6.07, 6.45) is 7.12. The minimum atomic E-state index is 0. The number of para-hydroxylation sites is 1. The van der Waals surface area contributed by atoms with Crippen molar-refractivity contribution in [2.45, 2.75) is 74.2 Å². The Morgan fingerprint density at radius 1 is 1.00 bits per heavy atom. The van der Waals surface area contributed by atoms with Gasteiger partial charge in [0.05, 0.1) is 28.2 Å². The monoisotopic (exact) mass is 417 g/mol. The van der Waals surface area contributed by atoms with Gasteiger partial charge in [0.1, 0.15) is 5.82 Å². The van der Waals surface area contributed by atoms with Crippen molar-refractivity contribution in [1.82, 2.24) is 4.98 Å². The van der Waals surface area contributed by atoms with E-state index in [-0.39, 0.29) is 12.4 Å². The second kappa shape index (κ2) is 8.25. The van der Waals surface area contributed by atoms with E-state index in [1.165, 1.54) is 47.7 Å². The molecule has 0 bridgehead atoms. The minimum Gasteiger partial charge on any atom is -1.00 e. The van der Waals surface area contributed by atoms with Gasteiger partial charge in [-0.1, -0.05) is 23.9 Å². The molecule has 1 fully saturated rings. The predicted octanol–water partition coefficient (Wildman–Crippen LogP) is 1.70. The van der Waals surface area contributed by atoms with Crippen molar-refractivity contribution < 1.29 is 17.3 Å². The average Bonchev–Trinajstić information content (AvgIpc) is 2.62. The first-order valence-electron chi connectivity index (χ1n) is 10.2. The van der Waals surface area contributed by atoms with Crippen molar-refractivity contribution in [3.05, 3.63) is 42.6 Å². The molecule has 2 aromatic rings. The number of fused-ring (bicyclic) bond motifs is 2. The topological polar surface area (TPSA) is 20.6 Å². The molecule has 1 aromatic carbocycles. The first-order chi connectivity index (χ1) is 12.9. The maximum atomic E-state index is 4.72. The van der Waals surface area contributed by atoms with Crippen LogP contribution in [0.4, 0.5) is 11.5 Å². The molecular weight excluding hydrogens is 386 g/mol.